The Labute approximate surface area is 335 Å². The van der Waals surface area contributed by atoms with Gasteiger partial charge in [-0.1, -0.05) is 176 Å². The van der Waals surface area contributed by atoms with Crippen molar-refractivity contribution in [2.45, 2.75) is 0 Å². The molecule has 3 heteroatoms. The Morgan fingerprint density at radius 3 is 1.38 bits per heavy atom. The molecule has 0 aliphatic carbocycles. The second-order valence-corrected chi connectivity index (χ2v) is 15.2. The van der Waals surface area contributed by atoms with Gasteiger partial charge in [-0.05, 0) is 75.2 Å². The minimum atomic E-state index is 0.885. The Morgan fingerprint density at radius 2 is 0.741 bits per heavy atom. The van der Waals surface area contributed by atoms with Crippen molar-refractivity contribution in [1.82, 2.24) is 14.0 Å². The van der Waals surface area contributed by atoms with Crippen LogP contribution in [-0.2, 0) is 0 Å². The van der Waals surface area contributed by atoms with E-state index in [1.165, 1.54) is 71.1 Å². The predicted molar refractivity (Wildman–Crippen MR) is 244 cm³/mol. The van der Waals surface area contributed by atoms with E-state index in [4.69, 9.17) is 4.98 Å². The molecule has 8 aromatic carbocycles. The SMILES string of the molecule is c1ccc(-c2ccc(-c3cc(-c4ccc(-c5ccccc5)cc4)nc(-n4c5ccccc5c5ccc6c(cc7c8ccccc8c8ccccc8n76)c54)c3)cc2)cc1. The topological polar surface area (TPSA) is 22.2 Å². The van der Waals surface area contributed by atoms with Crippen LogP contribution in [0.15, 0.2) is 212 Å². The Hall–Kier alpha value is -7.75. The van der Waals surface area contributed by atoms with Crippen LogP contribution in [-0.4, -0.2) is 14.0 Å². The van der Waals surface area contributed by atoms with Gasteiger partial charge < -0.3 is 4.40 Å². The van der Waals surface area contributed by atoms with Crippen LogP contribution < -0.4 is 0 Å². The highest BCUT2D eigenvalue weighted by Crippen LogP contribution is 2.42. The van der Waals surface area contributed by atoms with Crippen LogP contribution in [0, 0.1) is 0 Å². The molecule has 0 amide bonds. The summed E-state index contributed by atoms with van der Waals surface area (Å²) in [6, 6.07) is 76.8. The highest BCUT2D eigenvalue weighted by molar-refractivity contribution is 6.22. The Morgan fingerprint density at radius 1 is 0.276 bits per heavy atom. The quantitative estimate of drug-likeness (QED) is 0.161. The van der Waals surface area contributed by atoms with E-state index in [9.17, 15) is 0 Å². The van der Waals surface area contributed by atoms with Crippen LogP contribution in [0.2, 0.25) is 0 Å². The van der Waals surface area contributed by atoms with Crippen molar-refractivity contribution in [2.24, 2.45) is 0 Å². The van der Waals surface area contributed by atoms with E-state index >= 15 is 0 Å². The number of hydrogen-bond acceptors (Lipinski definition) is 1. The molecule has 12 aromatic rings. The van der Waals surface area contributed by atoms with Gasteiger partial charge in [0.15, 0.2) is 0 Å². The van der Waals surface area contributed by atoms with E-state index in [1.54, 1.807) is 0 Å². The molecule has 0 saturated heterocycles. The molecule has 0 bridgehead atoms. The van der Waals surface area contributed by atoms with Crippen molar-refractivity contribution in [1.29, 1.82) is 0 Å². The molecule has 0 radical (unpaired) electrons. The Kier molecular flexibility index (Phi) is 7.23. The third-order valence-corrected chi connectivity index (χ3v) is 11.9. The molecule has 270 valence electrons. The monoisotopic (exact) mass is 737 g/mol. The van der Waals surface area contributed by atoms with E-state index in [0.29, 0.717) is 0 Å². The van der Waals surface area contributed by atoms with Crippen molar-refractivity contribution in [3.05, 3.63) is 212 Å². The average molecular weight is 738 g/mol. The molecular weight excluding hydrogens is 703 g/mol. The van der Waals surface area contributed by atoms with E-state index in [2.05, 4.69) is 221 Å². The zero-order valence-electron chi connectivity index (χ0n) is 31.5. The van der Waals surface area contributed by atoms with Crippen LogP contribution in [0.5, 0.6) is 0 Å². The summed E-state index contributed by atoms with van der Waals surface area (Å²) in [6.07, 6.45) is 0. The smallest absolute Gasteiger partial charge is 0.138 e. The van der Waals surface area contributed by atoms with E-state index in [-0.39, 0.29) is 0 Å². The maximum absolute atomic E-state index is 5.56. The molecule has 58 heavy (non-hydrogen) atoms. The fourth-order valence-electron chi connectivity index (χ4n) is 9.17. The molecule has 0 fully saturated rings. The van der Waals surface area contributed by atoms with Gasteiger partial charge in [-0.3, -0.25) is 4.57 Å². The molecule has 0 N–H and O–H groups in total. The molecule has 0 aliphatic rings. The number of benzene rings is 8. The number of nitrogens with zero attached hydrogens (tertiary/aromatic N) is 3. The van der Waals surface area contributed by atoms with Crippen LogP contribution in [0.4, 0.5) is 0 Å². The van der Waals surface area contributed by atoms with Crippen molar-refractivity contribution >= 4 is 59.9 Å². The fraction of sp³-hybridized carbons (Fsp3) is 0. The minimum Gasteiger partial charge on any atom is -0.309 e. The highest BCUT2D eigenvalue weighted by Gasteiger charge is 2.21. The van der Waals surface area contributed by atoms with Crippen LogP contribution >= 0.6 is 0 Å². The number of pyridine rings is 2. The molecule has 0 saturated carbocycles. The van der Waals surface area contributed by atoms with Gasteiger partial charge in [-0.2, -0.15) is 0 Å². The predicted octanol–water partition coefficient (Wildman–Crippen LogP) is 14.6. The highest BCUT2D eigenvalue weighted by atomic mass is 15.1. The summed E-state index contributed by atoms with van der Waals surface area (Å²) in [7, 11) is 0. The maximum atomic E-state index is 5.56. The van der Waals surface area contributed by atoms with Gasteiger partial charge in [-0.25, -0.2) is 4.98 Å². The standard InChI is InChI=1S/C55H35N3/c1-3-13-36(14-4-1)38-23-25-40(26-24-38)42-33-49(41-29-27-39(28-30-41)37-15-5-2-6-16-37)56-54(34-42)58-51-22-12-10-20-46(51)47-31-32-52-48(55(47)58)35-53-45-19-8-7-17-43(45)44-18-9-11-21-50(44)57(52)53/h1-35H. The molecule has 0 atom stereocenters. The van der Waals surface area contributed by atoms with Crippen molar-refractivity contribution in [3.8, 4) is 50.5 Å². The largest absolute Gasteiger partial charge is 0.309 e. The van der Waals surface area contributed by atoms with Gasteiger partial charge in [0.25, 0.3) is 0 Å². The second kappa shape index (κ2) is 12.9. The molecule has 0 unspecified atom stereocenters. The van der Waals surface area contributed by atoms with Crippen molar-refractivity contribution in [3.63, 3.8) is 0 Å². The first-order valence-electron chi connectivity index (χ1n) is 19.9. The lowest BCUT2D eigenvalue weighted by Crippen LogP contribution is -2.00. The van der Waals surface area contributed by atoms with Crippen molar-refractivity contribution in [2.75, 3.05) is 0 Å². The van der Waals surface area contributed by atoms with Crippen LogP contribution in [0.25, 0.3) is 110 Å². The van der Waals surface area contributed by atoms with Crippen LogP contribution in [0.1, 0.15) is 0 Å². The normalized spacial score (nSPS) is 11.8. The molecule has 3 nitrogen and oxygen atoms in total. The third kappa shape index (κ3) is 5.04. The Balaban J connectivity index is 1.14. The first-order chi connectivity index (χ1) is 28.8. The summed E-state index contributed by atoms with van der Waals surface area (Å²) in [5.41, 5.74) is 14.9. The third-order valence-electron chi connectivity index (χ3n) is 11.9. The summed E-state index contributed by atoms with van der Waals surface area (Å²) in [6.45, 7) is 0. The van der Waals surface area contributed by atoms with Gasteiger partial charge in [0.05, 0.1) is 33.3 Å². The number of fused-ring (bicyclic) bond motifs is 12. The summed E-state index contributed by atoms with van der Waals surface area (Å²) in [4.78, 5) is 5.56. The lowest BCUT2D eigenvalue weighted by atomic mass is 9.98. The fourth-order valence-corrected chi connectivity index (χ4v) is 9.17. The Bertz CT molecular complexity index is 3420. The summed E-state index contributed by atoms with van der Waals surface area (Å²) in [5, 5.41) is 7.37. The summed E-state index contributed by atoms with van der Waals surface area (Å²) in [5.74, 6) is 0.885. The zero-order valence-corrected chi connectivity index (χ0v) is 31.5. The first kappa shape index (κ1) is 32.5. The number of rotatable bonds is 5. The molecule has 12 rings (SSSR count). The van der Waals surface area contributed by atoms with Crippen molar-refractivity contribution < 1.29 is 0 Å². The van der Waals surface area contributed by atoms with Gasteiger partial charge >= 0.3 is 0 Å². The maximum Gasteiger partial charge on any atom is 0.138 e. The molecule has 4 heterocycles. The van der Waals surface area contributed by atoms with E-state index in [1.807, 2.05) is 0 Å². The number of aromatic nitrogens is 3. The van der Waals surface area contributed by atoms with Gasteiger partial charge in [-0.15, -0.1) is 0 Å². The molecular formula is C55H35N3. The lowest BCUT2D eigenvalue weighted by Gasteiger charge is -2.14. The molecule has 0 aliphatic heterocycles. The van der Waals surface area contributed by atoms with Gasteiger partial charge in [0.1, 0.15) is 5.82 Å². The van der Waals surface area contributed by atoms with Gasteiger partial charge in [0.2, 0.25) is 0 Å². The lowest BCUT2D eigenvalue weighted by molar-refractivity contribution is 1.09. The summed E-state index contributed by atoms with van der Waals surface area (Å²) >= 11 is 0. The zero-order chi connectivity index (χ0) is 38.2. The minimum absolute atomic E-state index is 0.885. The van der Waals surface area contributed by atoms with Gasteiger partial charge in [0, 0.05) is 32.5 Å². The number of hydrogen-bond donors (Lipinski definition) is 0. The first-order valence-corrected chi connectivity index (χ1v) is 19.9. The average Bonchev–Trinajstić information content (AvgIpc) is 3.87. The summed E-state index contributed by atoms with van der Waals surface area (Å²) < 4.78 is 4.85. The molecule has 4 aromatic heterocycles. The van der Waals surface area contributed by atoms with E-state index in [0.717, 1.165) is 39.2 Å². The molecule has 0 spiro atoms. The number of para-hydroxylation sites is 2. The second-order valence-electron chi connectivity index (χ2n) is 15.2. The van der Waals surface area contributed by atoms with E-state index < -0.39 is 0 Å². The van der Waals surface area contributed by atoms with Crippen LogP contribution in [0.3, 0.4) is 0 Å².